The van der Waals surface area contributed by atoms with E-state index in [9.17, 15) is 17.6 Å². The number of rotatable bonds is 2. The van der Waals surface area contributed by atoms with Crippen LogP contribution in [0.3, 0.4) is 0 Å². The molecular weight excluding hydrogens is 274 g/mol. The Labute approximate surface area is 104 Å². The van der Waals surface area contributed by atoms with Crippen molar-refractivity contribution in [3.05, 3.63) is 35.4 Å². The Morgan fingerprint density at radius 1 is 1.28 bits per heavy atom. The lowest BCUT2D eigenvalue weighted by molar-refractivity contribution is -0.137. The Morgan fingerprint density at radius 2 is 2.00 bits per heavy atom. The minimum atomic E-state index is -4.61. The van der Waals surface area contributed by atoms with Crippen LogP contribution >= 0.6 is 11.6 Å². The van der Waals surface area contributed by atoms with E-state index >= 15 is 0 Å². The number of nitrogens with zero attached hydrogens (tertiary/aromatic N) is 2. The van der Waals surface area contributed by atoms with Gasteiger partial charge in [-0.2, -0.15) is 18.3 Å². The van der Waals surface area contributed by atoms with Gasteiger partial charge < -0.3 is 0 Å². The van der Waals surface area contributed by atoms with Crippen LogP contribution in [0.2, 0.25) is 0 Å². The molecule has 1 aromatic carbocycles. The molecule has 0 aliphatic rings. The molecule has 1 heterocycles. The summed E-state index contributed by atoms with van der Waals surface area (Å²) in [4.78, 5) is 3.75. The number of H-pyrrole nitrogens is 1. The minimum absolute atomic E-state index is 0.0241. The molecule has 0 saturated carbocycles. The Morgan fingerprint density at radius 3 is 2.56 bits per heavy atom. The Kier molecular flexibility index (Phi) is 3.25. The second-order valence-corrected chi connectivity index (χ2v) is 3.69. The van der Waals surface area contributed by atoms with Gasteiger partial charge in [0.25, 0.3) is 0 Å². The molecule has 0 unspecified atom stereocenters. The van der Waals surface area contributed by atoms with Crippen molar-refractivity contribution in [1.82, 2.24) is 15.2 Å². The van der Waals surface area contributed by atoms with Crippen LogP contribution in [0.25, 0.3) is 11.4 Å². The zero-order chi connectivity index (χ0) is 13.3. The Balaban J connectivity index is 2.58. The normalized spacial score (nSPS) is 11.8. The summed E-state index contributed by atoms with van der Waals surface area (Å²) < 4.78 is 51.3. The van der Waals surface area contributed by atoms with Gasteiger partial charge in [0.2, 0.25) is 0 Å². The zero-order valence-corrected chi connectivity index (χ0v) is 9.48. The summed E-state index contributed by atoms with van der Waals surface area (Å²) in [6, 6.07) is 2.13. The maximum atomic E-state index is 13.1. The molecule has 2 aromatic rings. The number of hydrogen-bond donors (Lipinski definition) is 1. The lowest BCUT2D eigenvalue weighted by Gasteiger charge is -2.10. The molecule has 0 aliphatic carbocycles. The van der Waals surface area contributed by atoms with E-state index in [0.717, 1.165) is 12.1 Å². The molecule has 0 radical (unpaired) electrons. The van der Waals surface area contributed by atoms with E-state index in [1.807, 2.05) is 0 Å². The first-order chi connectivity index (χ1) is 8.41. The number of aromatic nitrogens is 3. The SMILES string of the molecule is Fc1ccc(C(F)(F)F)c(-c2n[nH]c(CCl)n2)c1. The van der Waals surface area contributed by atoms with Crippen molar-refractivity contribution in [1.29, 1.82) is 0 Å². The molecule has 0 atom stereocenters. The van der Waals surface area contributed by atoms with Crippen LogP contribution in [0, 0.1) is 5.82 Å². The number of halogens is 5. The van der Waals surface area contributed by atoms with Crippen LogP contribution in [0.1, 0.15) is 11.4 Å². The molecule has 0 amide bonds. The van der Waals surface area contributed by atoms with Crippen molar-refractivity contribution in [2.75, 3.05) is 0 Å². The highest BCUT2D eigenvalue weighted by Crippen LogP contribution is 2.36. The van der Waals surface area contributed by atoms with Crippen LogP contribution in [-0.4, -0.2) is 15.2 Å². The monoisotopic (exact) mass is 279 g/mol. The fraction of sp³-hybridized carbons (Fsp3) is 0.200. The van der Waals surface area contributed by atoms with Gasteiger partial charge in [-0.15, -0.1) is 11.6 Å². The maximum absolute atomic E-state index is 13.1. The Hall–Kier alpha value is -1.63. The summed E-state index contributed by atoms with van der Waals surface area (Å²) in [5.74, 6) is -0.847. The average Bonchev–Trinajstić information content (AvgIpc) is 2.75. The van der Waals surface area contributed by atoms with Gasteiger partial charge in [0, 0.05) is 5.56 Å². The second kappa shape index (κ2) is 4.56. The lowest BCUT2D eigenvalue weighted by atomic mass is 10.1. The molecular formula is C10H6ClF4N3. The number of aromatic amines is 1. The van der Waals surface area contributed by atoms with Crippen molar-refractivity contribution in [3.63, 3.8) is 0 Å². The molecule has 18 heavy (non-hydrogen) atoms. The summed E-state index contributed by atoms with van der Waals surface area (Å²) in [6.07, 6.45) is -4.61. The first-order valence-electron chi connectivity index (χ1n) is 4.76. The molecule has 96 valence electrons. The second-order valence-electron chi connectivity index (χ2n) is 3.43. The highest BCUT2D eigenvalue weighted by Gasteiger charge is 2.34. The van der Waals surface area contributed by atoms with E-state index in [-0.39, 0.29) is 17.5 Å². The Bertz CT molecular complexity index is 564. The fourth-order valence-corrected chi connectivity index (χ4v) is 1.54. The predicted molar refractivity (Wildman–Crippen MR) is 56.3 cm³/mol. The van der Waals surface area contributed by atoms with Crippen molar-refractivity contribution in [2.45, 2.75) is 12.1 Å². The van der Waals surface area contributed by atoms with Crippen LogP contribution in [-0.2, 0) is 12.1 Å². The van der Waals surface area contributed by atoms with Crippen molar-refractivity contribution in [3.8, 4) is 11.4 Å². The van der Waals surface area contributed by atoms with Crippen molar-refractivity contribution >= 4 is 11.6 Å². The van der Waals surface area contributed by atoms with E-state index in [1.54, 1.807) is 0 Å². The van der Waals surface area contributed by atoms with Gasteiger partial charge in [0.15, 0.2) is 5.82 Å². The number of benzene rings is 1. The van der Waals surface area contributed by atoms with E-state index in [2.05, 4.69) is 15.2 Å². The van der Waals surface area contributed by atoms with Gasteiger partial charge in [-0.05, 0) is 18.2 Å². The number of hydrogen-bond acceptors (Lipinski definition) is 2. The van der Waals surface area contributed by atoms with Crippen LogP contribution in [0.4, 0.5) is 17.6 Å². The standard InChI is InChI=1S/C10H6ClF4N3/c11-4-8-16-9(18-17-8)6-3-5(12)1-2-7(6)10(13,14)15/h1-3H,4H2,(H,16,17,18). The van der Waals surface area contributed by atoms with Crippen LogP contribution in [0.15, 0.2) is 18.2 Å². The van der Waals surface area contributed by atoms with Crippen molar-refractivity contribution in [2.24, 2.45) is 0 Å². The molecule has 0 aliphatic heterocycles. The van der Waals surface area contributed by atoms with E-state index in [4.69, 9.17) is 11.6 Å². The number of alkyl halides is 4. The van der Waals surface area contributed by atoms with Gasteiger partial charge in [-0.25, -0.2) is 9.37 Å². The predicted octanol–water partition coefficient (Wildman–Crippen LogP) is 3.37. The molecule has 2 rings (SSSR count). The van der Waals surface area contributed by atoms with Crippen LogP contribution in [0.5, 0.6) is 0 Å². The van der Waals surface area contributed by atoms with Gasteiger partial charge >= 0.3 is 6.18 Å². The van der Waals surface area contributed by atoms with Gasteiger partial charge in [0.1, 0.15) is 11.6 Å². The van der Waals surface area contributed by atoms with Gasteiger partial charge in [-0.1, -0.05) is 0 Å². The lowest BCUT2D eigenvalue weighted by Crippen LogP contribution is -2.08. The molecule has 0 saturated heterocycles. The van der Waals surface area contributed by atoms with Gasteiger partial charge in [0.05, 0.1) is 11.4 Å². The molecule has 0 fully saturated rings. The summed E-state index contributed by atoms with van der Waals surface area (Å²) in [7, 11) is 0. The molecule has 0 bridgehead atoms. The average molecular weight is 280 g/mol. The highest BCUT2D eigenvalue weighted by atomic mass is 35.5. The van der Waals surface area contributed by atoms with Crippen molar-refractivity contribution < 1.29 is 17.6 Å². The maximum Gasteiger partial charge on any atom is 0.417 e. The summed E-state index contributed by atoms with van der Waals surface area (Å²) >= 11 is 5.46. The van der Waals surface area contributed by atoms with E-state index in [1.165, 1.54) is 0 Å². The fourth-order valence-electron chi connectivity index (χ4n) is 1.42. The molecule has 0 spiro atoms. The molecule has 8 heteroatoms. The smallest absolute Gasteiger partial charge is 0.262 e. The third kappa shape index (κ3) is 2.45. The van der Waals surface area contributed by atoms with E-state index < -0.39 is 23.1 Å². The zero-order valence-electron chi connectivity index (χ0n) is 8.72. The topological polar surface area (TPSA) is 41.6 Å². The summed E-state index contributed by atoms with van der Waals surface area (Å²) in [5, 5.41) is 5.95. The van der Waals surface area contributed by atoms with Gasteiger partial charge in [-0.3, -0.25) is 5.10 Å². The first kappa shape index (κ1) is 12.8. The highest BCUT2D eigenvalue weighted by molar-refractivity contribution is 6.16. The number of nitrogens with one attached hydrogen (secondary N) is 1. The largest absolute Gasteiger partial charge is 0.417 e. The summed E-state index contributed by atoms with van der Waals surface area (Å²) in [6.45, 7) is 0. The third-order valence-electron chi connectivity index (χ3n) is 2.19. The molecule has 1 aromatic heterocycles. The minimum Gasteiger partial charge on any atom is -0.262 e. The van der Waals surface area contributed by atoms with Crippen LogP contribution < -0.4 is 0 Å². The summed E-state index contributed by atoms with van der Waals surface area (Å²) in [5.41, 5.74) is -1.42. The molecule has 3 nitrogen and oxygen atoms in total. The molecule has 1 N–H and O–H groups in total. The third-order valence-corrected chi connectivity index (χ3v) is 2.44. The van der Waals surface area contributed by atoms with E-state index in [0.29, 0.717) is 6.07 Å². The quantitative estimate of drug-likeness (QED) is 0.676. The first-order valence-corrected chi connectivity index (χ1v) is 5.29.